The average Bonchev–Trinajstić information content (AvgIpc) is 2.76. The Morgan fingerprint density at radius 3 is 2.68 bits per heavy atom. The Balaban J connectivity index is 2.53. The van der Waals surface area contributed by atoms with Crippen molar-refractivity contribution in [3.05, 3.63) is 11.6 Å². The zero-order chi connectivity index (χ0) is 14.5. The van der Waals surface area contributed by atoms with Crippen molar-refractivity contribution in [1.82, 2.24) is 4.90 Å². The van der Waals surface area contributed by atoms with Gasteiger partial charge in [0, 0.05) is 26.6 Å². The summed E-state index contributed by atoms with van der Waals surface area (Å²) in [6, 6.07) is 0. The highest BCUT2D eigenvalue weighted by atomic mass is 16.5. The number of ether oxygens (including phenoxy) is 1. The lowest BCUT2D eigenvalue weighted by Gasteiger charge is -2.25. The summed E-state index contributed by atoms with van der Waals surface area (Å²) in [5, 5.41) is 0. The smallest absolute Gasteiger partial charge is 0.223 e. The van der Waals surface area contributed by atoms with E-state index in [1.165, 1.54) is 5.57 Å². The molecule has 1 rings (SSSR count). The highest BCUT2D eigenvalue weighted by molar-refractivity contribution is 5.77. The lowest BCUT2D eigenvalue weighted by Crippen LogP contribution is -2.33. The van der Waals surface area contributed by atoms with E-state index in [4.69, 9.17) is 4.74 Å². The number of hydrogen-bond donors (Lipinski definition) is 0. The molecule has 0 aromatic heterocycles. The molecule has 1 atom stereocenters. The fraction of sp³-hybridized carbons (Fsp3) is 0.812. The molecule has 0 radical (unpaired) electrons. The van der Waals surface area contributed by atoms with Gasteiger partial charge >= 0.3 is 0 Å². The Labute approximate surface area is 118 Å². The number of rotatable bonds is 6. The number of likely N-dealkylation sites (tertiary alicyclic amines) is 1. The van der Waals surface area contributed by atoms with E-state index in [9.17, 15) is 4.79 Å². The minimum absolute atomic E-state index is 0.0541. The van der Waals surface area contributed by atoms with E-state index in [0.717, 1.165) is 32.4 Å². The first-order chi connectivity index (χ1) is 8.88. The fourth-order valence-electron chi connectivity index (χ4n) is 2.83. The molecule has 1 unspecified atom stereocenters. The van der Waals surface area contributed by atoms with Gasteiger partial charge in [0.05, 0.1) is 6.10 Å². The Hall–Kier alpha value is -0.830. The summed E-state index contributed by atoms with van der Waals surface area (Å²) in [6.45, 7) is 10.2. The van der Waals surface area contributed by atoms with Crippen LogP contribution >= 0.6 is 0 Å². The molecule has 19 heavy (non-hydrogen) atoms. The molecule has 0 N–H and O–H groups in total. The van der Waals surface area contributed by atoms with Crippen LogP contribution in [0.1, 0.15) is 53.4 Å². The van der Waals surface area contributed by atoms with Crippen molar-refractivity contribution in [3.8, 4) is 0 Å². The maximum Gasteiger partial charge on any atom is 0.223 e. The summed E-state index contributed by atoms with van der Waals surface area (Å²) in [7, 11) is 1.72. The van der Waals surface area contributed by atoms with Gasteiger partial charge in [0.15, 0.2) is 0 Å². The van der Waals surface area contributed by atoms with Crippen LogP contribution in [0.2, 0.25) is 0 Å². The molecular formula is C16H29NO2. The van der Waals surface area contributed by atoms with Gasteiger partial charge in [-0.25, -0.2) is 0 Å². The van der Waals surface area contributed by atoms with Crippen LogP contribution in [-0.4, -0.2) is 37.1 Å². The van der Waals surface area contributed by atoms with E-state index >= 15 is 0 Å². The van der Waals surface area contributed by atoms with Crippen molar-refractivity contribution >= 4 is 5.91 Å². The van der Waals surface area contributed by atoms with Crippen molar-refractivity contribution in [3.63, 3.8) is 0 Å². The molecule has 3 nitrogen and oxygen atoms in total. The number of amides is 1. The molecule has 1 amide bonds. The number of methoxy groups -OCH3 is 1. The summed E-state index contributed by atoms with van der Waals surface area (Å²) in [5.41, 5.74) is 1.33. The zero-order valence-corrected chi connectivity index (χ0v) is 13.2. The second-order valence-corrected chi connectivity index (χ2v) is 6.39. The standard InChI is InChI=1S/C16H29NO2/c1-6-7-13(2)10-16(3,4)11-15(18)17-9-8-14(12-17)19-5/h10,14H,6-9,11-12H2,1-5H3/b13-10-. The van der Waals surface area contributed by atoms with Gasteiger partial charge in [0.2, 0.25) is 5.91 Å². The van der Waals surface area contributed by atoms with Crippen LogP contribution in [0.15, 0.2) is 11.6 Å². The molecule has 1 aliphatic heterocycles. The third-order valence-electron chi connectivity index (χ3n) is 3.72. The van der Waals surface area contributed by atoms with E-state index in [2.05, 4.69) is 33.8 Å². The lowest BCUT2D eigenvalue weighted by molar-refractivity contribution is -0.132. The third kappa shape index (κ3) is 5.35. The largest absolute Gasteiger partial charge is 0.380 e. The van der Waals surface area contributed by atoms with Crippen molar-refractivity contribution in [2.75, 3.05) is 20.2 Å². The normalized spacial score (nSPS) is 21.0. The van der Waals surface area contributed by atoms with Crippen molar-refractivity contribution < 1.29 is 9.53 Å². The quantitative estimate of drug-likeness (QED) is 0.690. The van der Waals surface area contributed by atoms with E-state index in [1.807, 2.05) is 4.90 Å². The Bertz CT molecular complexity index is 334. The van der Waals surface area contributed by atoms with Crippen LogP contribution in [0.5, 0.6) is 0 Å². The van der Waals surface area contributed by atoms with Gasteiger partial charge in [0.25, 0.3) is 0 Å². The van der Waals surface area contributed by atoms with Gasteiger partial charge in [-0.2, -0.15) is 0 Å². The topological polar surface area (TPSA) is 29.5 Å². The molecule has 0 spiro atoms. The summed E-state index contributed by atoms with van der Waals surface area (Å²) >= 11 is 0. The van der Waals surface area contributed by atoms with Crippen molar-refractivity contribution in [2.45, 2.75) is 59.5 Å². The van der Waals surface area contributed by atoms with Gasteiger partial charge in [0.1, 0.15) is 0 Å². The molecule has 1 heterocycles. The predicted octanol–water partition coefficient (Wildman–Crippen LogP) is 3.40. The van der Waals surface area contributed by atoms with Crippen molar-refractivity contribution in [1.29, 1.82) is 0 Å². The van der Waals surface area contributed by atoms with Gasteiger partial charge in [-0.3, -0.25) is 4.79 Å². The van der Waals surface area contributed by atoms with Gasteiger partial charge in [-0.05, 0) is 25.2 Å². The SMILES string of the molecule is CCC/C(C)=C\C(C)(C)CC(=O)N1CCC(OC)C1. The van der Waals surface area contributed by atoms with E-state index in [0.29, 0.717) is 6.42 Å². The Morgan fingerprint density at radius 1 is 1.47 bits per heavy atom. The van der Waals surface area contributed by atoms with Gasteiger partial charge in [-0.15, -0.1) is 0 Å². The first-order valence-corrected chi connectivity index (χ1v) is 7.37. The van der Waals surface area contributed by atoms with Crippen LogP contribution < -0.4 is 0 Å². The number of allylic oxidation sites excluding steroid dienone is 2. The number of nitrogens with zero attached hydrogens (tertiary/aromatic N) is 1. The fourth-order valence-corrected chi connectivity index (χ4v) is 2.83. The van der Waals surface area contributed by atoms with Crippen LogP contribution in [0.25, 0.3) is 0 Å². The zero-order valence-electron chi connectivity index (χ0n) is 13.2. The van der Waals surface area contributed by atoms with Gasteiger partial charge in [-0.1, -0.05) is 38.8 Å². The van der Waals surface area contributed by atoms with E-state index < -0.39 is 0 Å². The van der Waals surface area contributed by atoms with Crippen LogP contribution in [-0.2, 0) is 9.53 Å². The second kappa shape index (κ2) is 7.09. The average molecular weight is 267 g/mol. The molecule has 1 saturated heterocycles. The summed E-state index contributed by atoms with van der Waals surface area (Å²) in [6.07, 6.45) is 6.32. The molecule has 1 fully saturated rings. The molecule has 0 bridgehead atoms. The third-order valence-corrected chi connectivity index (χ3v) is 3.72. The minimum Gasteiger partial charge on any atom is -0.380 e. The molecule has 0 aliphatic carbocycles. The number of hydrogen-bond acceptors (Lipinski definition) is 2. The summed E-state index contributed by atoms with van der Waals surface area (Å²) in [4.78, 5) is 14.2. The molecule has 1 aliphatic rings. The predicted molar refractivity (Wildman–Crippen MR) is 79.1 cm³/mol. The highest BCUT2D eigenvalue weighted by Crippen LogP contribution is 2.27. The number of carbonyl (C=O) groups excluding carboxylic acids is 1. The highest BCUT2D eigenvalue weighted by Gasteiger charge is 2.29. The number of carbonyl (C=O) groups is 1. The van der Waals surface area contributed by atoms with E-state index in [-0.39, 0.29) is 17.4 Å². The maximum atomic E-state index is 12.3. The van der Waals surface area contributed by atoms with Crippen LogP contribution in [0.4, 0.5) is 0 Å². The lowest BCUT2D eigenvalue weighted by atomic mass is 9.86. The van der Waals surface area contributed by atoms with Crippen molar-refractivity contribution in [2.24, 2.45) is 5.41 Å². The molecule has 110 valence electrons. The molecule has 3 heteroatoms. The second-order valence-electron chi connectivity index (χ2n) is 6.39. The summed E-state index contributed by atoms with van der Waals surface area (Å²) in [5.74, 6) is 0.255. The monoisotopic (exact) mass is 267 g/mol. The molecule has 0 saturated carbocycles. The molecule has 0 aromatic rings. The molecule has 0 aromatic carbocycles. The van der Waals surface area contributed by atoms with Crippen LogP contribution in [0.3, 0.4) is 0 Å². The first kappa shape index (κ1) is 16.2. The maximum absolute atomic E-state index is 12.3. The van der Waals surface area contributed by atoms with Gasteiger partial charge < -0.3 is 9.64 Å². The van der Waals surface area contributed by atoms with E-state index in [1.54, 1.807) is 7.11 Å². The Morgan fingerprint density at radius 2 is 2.16 bits per heavy atom. The first-order valence-electron chi connectivity index (χ1n) is 7.37. The Kier molecular flexibility index (Phi) is 6.05. The minimum atomic E-state index is -0.0541. The summed E-state index contributed by atoms with van der Waals surface area (Å²) < 4.78 is 5.31. The molecular weight excluding hydrogens is 238 g/mol. The van der Waals surface area contributed by atoms with Crippen LogP contribution in [0, 0.1) is 5.41 Å².